The van der Waals surface area contributed by atoms with Crippen LogP contribution in [0, 0.1) is 5.92 Å². The van der Waals surface area contributed by atoms with Gasteiger partial charge in [0.15, 0.2) is 0 Å². The third-order valence-electron chi connectivity index (χ3n) is 2.64. The fraction of sp³-hybridized carbons (Fsp3) is 0.923. The van der Waals surface area contributed by atoms with Gasteiger partial charge in [0.2, 0.25) is 5.91 Å². The number of hydrogen-bond donors (Lipinski definition) is 1. The zero-order chi connectivity index (χ0) is 13.1. The summed E-state index contributed by atoms with van der Waals surface area (Å²) in [6.07, 6.45) is 4.54. The Hall–Kier alpha value is -0.220. The highest BCUT2D eigenvalue weighted by molar-refractivity contribution is 7.91. The summed E-state index contributed by atoms with van der Waals surface area (Å²) in [5.74, 6) is 2.32. The Bertz CT molecular complexity index is 198. The summed E-state index contributed by atoms with van der Waals surface area (Å²) in [4.78, 5) is 11.4. The number of carbonyl (C=O) groups is 1. The summed E-state index contributed by atoms with van der Waals surface area (Å²) >= 11 is -0.652. The molecule has 1 atom stereocenters. The van der Waals surface area contributed by atoms with Gasteiger partial charge in [-0.25, -0.2) is 0 Å². The van der Waals surface area contributed by atoms with Gasteiger partial charge in [-0.3, -0.25) is 4.79 Å². The van der Waals surface area contributed by atoms with Gasteiger partial charge in [0.05, 0.1) is 0 Å². The summed E-state index contributed by atoms with van der Waals surface area (Å²) < 4.78 is 11.1. The lowest BCUT2D eigenvalue weighted by Gasteiger charge is -2.08. The van der Waals surface area contributed by atoms with Gasteiger partial charge < -0.3 is 9.87 Å². The molecule has 17 heavy (non-hydrogen) atoms. The summed E-state index contributed by atoms with van der Waals surface area (Å²) in [7, 11) is 0. The third kappa shape index (κ3) is 12.0. The van der Waals surface area contributed by atoms with E-state index in [-0.39, 0.29) is 5.91 Å². The molecule has 0 saturated heterocycles. The molecule has 0 bridgehead atoms. The summed E-state index contributed by atoms with van der Waals surface area (Å²) in [6.45, 7) is 7.04. The first-order valence-electron chi connectivity index (χ1n) is 6.68. The highest BCUT2D eigenvalue weighted by Crippen LogP contribution is 2.03. The SMILES string of the molecule is CC[S+]([O-])CCCCCC(=O)NCCC(C)C. The number of amides is 1. The molecule has 0 aromatic heterocycles. The standard InChI is InChI=1S/C13H27NO2S/c1-4-17(16)11-7-5-6-8-13(15)14-10-9-12(2)3/h12H,4-11H2,1-3H3,(H,14,15). The van der Waals surface area contributed by atoms with Crippen molar-refractivity contribution >= 4 is 17.1 Å². The lowest BCUT2D eigenvalue weighted by Crippen LogP contribution is -2.24. The number of carbonyl (C=O) groups excluding carboxylic acids is 1. The van der Waals surface area contributed by atoms with Crippen LogP contribution >= 0.6 is 0 Å². The predicted molar refractivity (Wildman–Crippen MR) is 74.5 cm³/mol. The molecule has 0 aliphatic heterocycles. The van der Waals surface area contributed by atoms with Crippen molar-refractivity contribution in [3.05, 3.63) is 0 Å². The zero-order valence-electron chi connectivity index (χ0n) is 11.5. The van der Waals surface area contributed by atoms with E-state index in [9.17, 15) is 9.35 Å². The number of rotatable bonds is 10. The van der Waals surface area contributed by atoms with Crippen LogP contribution < -0.4 is 5.32 Å². The summed E-state index contributed by atoms with van der Waals surface area (Å²) in [5.41, 5.74) is 0. The van der Waals surface area contributed by atoms with Crippen LogP contribution in [0.1, 0.15) is 52.9 Å². The fourth-order valence-corrected chi connectivity index (χ4v) is 2.27. The molecule has 0 aromatic rings. The van der Waals surface area contributed by atoms with E-state index in [1.807, 2.05) is 6.92 Å². The van der Waals surface area contributed by atoms with Crippen LogP contribution in [0.5, 0.6) is 0 Å². The smallest absolute Gasteiger partial charge is 0.219 e. The van der Waals surface area contributed by atoms with Gasteiger partial charge in [-0.1, -0.05) is 25.0 Å². The lowest BCUT2D eigenvalue weighted by atomic mass is 10.1. The Morgan fingerprint density at radius 3 is 2.59 bits per heavy atom. The Balaban J connectivity index is 3.27. The Kier molecular flexibility index (Phi) is 10.8. The minimum atomic E-state index is -0.652. The molecule has 0 fully saturated rings. The van der Waals surface area contributed by atoms with Crippen molar-refractivity contribution in [2.75, 3.05) is 18.1 Å². The molecule has 0 spiro atoms. The number of unbranched alkanes of at least 4 members (excludes halogenated alkanes) is 2. The van der Waals surface area contributed by atoms with E-state index in [0.29, 0.717) is 12.3 Å². The van der Waals surface area contributed by atoms with E-state index in [2.05, 4.69) is 19.2 Å². The van der Waals surface area contributed by atoms with Crippen LogP contribution in [-0.4, -0.2) is 28.5 Å². The maximum absolute atomic E-state index is 11.4. The van der Waals surface area contributed by atoms with Gasteiger partial charge in [-0.15, -0.1) is 0 Å². The lowest BCUT2D eigenvalue weighted by molar-refractivity contribution is -0.121. The van der Waals surface area contributed by atoms with E-state index in [0.717, 1.165) is 43.7 Å². The second kappa shape index (κ2) is 10.9. The molecule has 0 aromatic carbocycles. The largest absolute Gasteiger partial charge is 0.616 e. The molecule has 1 amide bonds. The van der Waals surface area contributed by atoms with Gasteiger partial charge in [-0.2, -0.15) is 0 Å². The van der Waals surface area contributed by atoms with Crippen molar-refractivity contribution in [3.8, 4) is 0 Å². The van der Waals surface area contributed by atoms with Gasteiger partial charge >= 0.3 is 0 Å². The molecule has 0 rings (SSSR count). The van der Waals surface area contributed by atoms with E-state index < -0.39 is 11.2 Å². The van der Waals surface area contributed by atoms with Crippen molar-refractivity contribution in [1.82, 2.24) is 5.32 Å². The molecule has 3 nitrogen and oxygen atoms in total. The summed E-state index contributed by atoms with van der Waals surface area (Å²) in [5, 5.41) is 2.93. The van der Waals surface area contributed by atoms with Gasteiger partial charge in [0.25, 0.3) is 0 Å². The average Bonchev–Trinajstić information content (AvgIpc) is 2.27. The second-order valence-electron chi connectivity index (χ2n) is 4.78. The molecular weight excluding hydrogens is 234 g/mol. The molecule has 0 saturated carbocycles. The zero-order valence-corrected chi connectivity index (χ0v) is 12.3. The van der Waals surface area contributed by atoms with Crippen molar-refractivity contribution in [1.29, 1.82) is 0 Å². The number of nitrogens with one attached hydrogen (secondary N) is 1. The quantitative estimate of drug-likeness (QED) is 0.485. The minimum Gasteiger partial charge on any atom is -0.616 e. The predicted octanol–water partition coefficient (Wildman–Crippen LogP) is 2.48. The van der Waals surface area contributed by atoms with Crippen molar-refractivity contribution in [2.24, 2.45) is 5.92 Å². The number of hydrogen-bond acceptors (Lipinski definition) is 2. The topological polar surface area (TPSA) is 52.2 Å². The van der Waals surface area contributed by atoms with Gasteiger partial charge in [0.1, 0.15) is 11.5 Å². The Morgan fingerprint density at radius 2 is 2.00 bits per heavy atom. The molecular formula is C13H27NO2S. The van der Waals surface area contributed by atoms with Crippen LogP contribution in [0.2, 0.25) is 0 Å². The van der Waals surface area contributed by atoms with E-state index in [1.165, 1.54) is 0 Å². The first-order valence-corrected chi connectivity index (χ1v) is 8.16. The normalized spacial score (nSPS) is 12.8. The average molecular weight is 261 g/mol. The Morgan fingerprint density at radius 1 is 1.29 bits per heavy atom. The highest BCUT2D eigenvalue weighted by atomic mass is 32.2. The molecule has 0 aliphatic carbocycles. The molecule has 4 heteroatoms. The minimum absolute atomic E-state index is 0.155. The van der Waals surface area contributed by atoms with E-state index in [1.54, 1.807) is 0 Å². The third-order valence-corrected chi connectivity index (χ3v) is 4.03. The maximum Gasteiger partial charge on any atom is 0.219 e. The maximum atomic E-state index is 11.4. The monoisotopic (exact) mass is 261 g/mol. The van der Waals surface area contributed by atoms with E-state index >= 15 is 0 Å². The van der Waals surface area contributed by atoms with Crippen molar-refractivity contribution < 1.29 is 9.35 Å². The van der Waals surface area contributed by atoms with Crippen LogP contribution in [0.25, 0.3) is 0 Å². The molecule has 1 N–H and O–H groups in total. The van der Waals surface area contributed by atoms with Crippen molar-refractivity contribution in [3.63, 3.8) is 0 Å². The molecule has 0 heterocycles. The fourth-order valence-electron chi connectivity index (χ4n) is 1.46. The molecule has 0 radical (unpaired) electrons. The van der Waals surface area contributed by atoms with Crippen LogP contribution in [0.3, 0.4) is 0 Å². The molecule has 1 unspecified atom stereocenters. The van der Waals surface area contributed by atoms with Gasteiger partial charge in [0, 0.05) is 13.0 Å². The molecule has 0 aliphatic rings. The highest BCUT2D eigenvalue weighted by Gasteiger charge is 2.04. The van der Waals surface area contributed by atoms with Crippen molar-refractivity contribution in [2.45, 2.75) is 52.9 Å². The van der Waals surface area contributed by atoms with E-state index in [4.69, 9.17) is 0 Å². The summed E-state index contributed by atoms with van der Waals surface area (Å²) in [6, 6.07) is 0. The van der Waals surface area contributed by atoms with Crippen LogP contribution in [-0.2, 0) is 16.0 Å². The van der Waals surface area contributed by atoms with Crippen LogP contribution in [0.15, 0.2) is 0 Å². The first kappa shape index (κ1) is 16.8. The first-order chi connectivity index (χ1) is 8.06. The van der Waals surface area contributed by atoms with Crippen LogP contribution in [0.4, 0.5) is 0 Å². The molecule has 102 valence electrons. The Labute approximate surface area is 109 Å². The second-order valence-corrected chi connectivity index (χ2v) is 6.64. The van der Waals surface area contributed by atoms with Gasteiger partial charge in [-0.05, 0) is 38.5 Å².